The van der Waals surface area contributed by atoms with E-state index in [1.54, 1.807) is 37.5 Å². The van der Waals surface area contributed by atoms with Gasteiger partial charge in [-0.15, -0.1) is 11.8 Å². The van der Waals surface area contributed by atoms with E-state index in [1.807, 2.05) is 112 Å². The van der Waals surface area contributed by atoms with Crippen LogP contribution in [0.1, 0.15) is 101 Å². The zero-order chi connectivity index (χ0) is 63.9. The van der Waals surface area contributed by atoms with Gasteiger partial charge in [0.15, 0.2) is 11.2 Å². The molecule has 0 aliphatic carbocycles. The summed E-state index contributed by atoms with van der Waals surface area (Å²) in [6.07, 6.45) is -1.98. The summed E-state index contributed by atoms with van der Waals surface area (Å²) in [7, 11) is -1.10. The summed E-state index contributed by atoms with van der Waals surface area (Å²) in [5.74, 6) is 1.13. The van der Waals surface area contributed by atoms with Crippen molar-refractivity contribution >= 4 is 57.8 Å². The number of amides is 2. The number of aromatic nitrogens is 6. The number of nitrogens with one attached hydrogen (secondary N) is 4. The summed E-state index contributed by atoms with van der Waals surface area (Å²) < 4.78 is 70.2. The Morgan fingerprint density at radius 3 is 2.02 bits per heavy atom. The van der Waals surface area contributed by atoms with Crippen LogP contribution in [0.2, 0.25) is 0 Å². The number of anilines is 1. The van der Waals surface area contributed by atoms with Crippen LogP contribution in [0.25, 0.3) is 11.2 Å². The zero-order valence-corrected chi connectivity index (χ0v) is 53.5. The van der Waals surface area contributed by atoms with Gasteiger partial charge in [0.25, 0.3) is 19.6 Å². The van der Waals surface area contributed by atoms with Crippen molar-refractivity contribution in [2.75, 3.05) is 58.3 Å². The second-order valence-electron chi connectivity index (χ2n) is 21.7. The molecule has 29 heteroatoms. The van der Waals surface area contributed by atoms with E-state index in [-0.39, 0.29) is 106 Å². The number of methoxy groups -OCH3 is 2. The van der Waals surface area contributed by atoms with E-state index < -0.39 is 82.3 Å². The van der Waals surface area contributed by atoms with E-state index in [0.717, 1.165) is 22.4 Å². The van der Waals surface area contributed by atoms with E-state index in [2.05, 4.69) is 47.4 Å². The molecule has 478 valence electrons. The minimum absolute atomic E-state index is 0.0375. The summed E-state index contributed by atoms with van der Waals surface area (Å²) in [5.41, 5.74) is -0.0306. The number of H-pyrrole nitrogens is 2. The van der Waals surface area contributed by atoms with Crippen LogP contribution in [0.5, 0.6) is 11.5 Å². The predicted octanol–water partition coefficient (Wildman–Crippen LogP) is 8.26. The van der Waals surface area contributed by atoms with Crippen LogP contribution in [-0.4, -0.2) is 135 Å². The number of aryl methyl sites for hydroxylation is 1. The molecule has 8 atom stereocenters. The molecule has 0 radical (unpaired) electrons. The molecule has 26 nitrogen and oxygen atoms in total. The van der Waals surface area contributed by atoms with Gasteiger partial charge in [-0.1, -0.05) is 54.6 Å². The van der Waals surface area contributed by atoms with Crippen molar-refractivity contribution in [3.63, 3.8) is 0 Å². The van der Waals surface area contributed by atoms with Crippen molar-refractivity contribution in [2.24, 2.45) is 0 Å². The Morgan fingerprint density at radius 1 is 0.800 bits per heavy atom. The van der Waals surface area contributed by atoms with Crippen LogP contribution in [0, 0.1) is 29.6 Å². The maximum Gasteiger partial charge on any atom is 0.333 e. The number of carbonyl (C=O) groups excluding carboxylic acids is 2. The summed E-state index contributed by atoms with van der Waals surface area (Å²) in [6.45, 7) is 9.20. The Kier molecular flexibility index (Phi) is 23.7. The number of nitriles is 2. The van der Waals surface area contributed by atoms with Crippen molar-refractivity contribution in [3.05, 3.63) is 156 Å². The van der Waals surface area contributed by atoms with E-state index >= 15 is 0 Å². The summed E-state index contributed by atoms with van der Waals surface area (Å²) in [4.78, 5) is 79.6. The Labute approximate surface area is 526 Å². The number of rotatable bonds is 31. The molecule has 2 fully saturated rings. The average molecular weight is 1290 g/mol. The fourth-order valence-corrected chi connectivity index (χ4v) is 14.4. The lowest BCUT2D eigenvalue weighted by molar-refractivity contribution is -0.118. The molecule has 9 rings (SSSR count). The molecule has 2 saturated heterocycles. The molecular formula is C61H73N11O15P2S. The number of carbonyl (C=O) groups is 2. The summed E-state index contributed by atoms with van der Waals surface area (Å²) in [6, 6.07) is 28.9. The standard InChI is InChI=1S/C61H73N11O15P2S/c1-38(2)72(39(3)4)88(81-28-11-25-62)86-47-31-52(70-33-40(5)56(74)69-60(70)77)85-50(47)35-83-89(82-29-12-26-63)87-48-32-53(71-37-65-54-55(71)67-59(68-58(54)76)66-51(73)23-27-64-57(75)41-24-30-90-36-41)84-49(48)34-80-61(42-13-9-8-10-14-42,43-15-19-45(78-6)20-16-43)44-17-21-46(79-7)22-18-44/h8-10,13-22,33,36-39,47-50,52-53H,11-12,23-24,27-32,34-35H2,1-7H3,(H,64,75)(H,69,74,77)(H2,66,67,68,73,76). The number of hydrogen-bond acceptors (Lipinski definition) is 21. The average Bonchev–Trinajstić information content (AvgIpc) is 1.07. The highest BCUT2D eigenvalue weighted by atomic mass is 32.2. The van der Waals surface area contributed by atoms with E-state index in [0.29, 0.717) is 23.5 Å². The monoisotopic (exact) mass is 1290 g/mol. The molecule has 90 heavy (non-hydrogen) atoms. The molecule has 6 aromatic rings. The smallest absolute Gasteiger partial charge is 0.333 e. The van der Waals surface area contributed by atoms with Crippen LogP contribution < -0.4 is 36.9 Å². The number of benzene rings is 3. The minimum atomic E-state index is -2.43. The third-order valence-corrected chi connectivity index (χ3v) is 19.2. The first-order chi connectivity index (χ1) is 43.5. The maximum absolute atomic E-state index is 13.7. The van der Waals surface area contributed by atoms with Gasteiger partial charge in [-0.05, 0) is 87.4 Å². The van der Waals surface area contributed by atoms with Crippen molar-refractivity contribution in [3.8, 4) is 23.6 Å². The highest BCUT2D eigenvalue weighted by molar-refractivity contribution is 8.02. The zero-order valence-electron chi connectivity index (χ0n) is 50.9. The van der Waals surface area contributed by atoms with Crippen LogP contribution >= 0.6 is 28.9 Å². The maximum atomic E-state index is 13.7. The van der Waals surface area contributed by atoms with Gasteiger partial charge in [0.2, 0.25) is 17.8 Å². The first-order valence-corrected chi connectivity index (χ1v) is 32.6. The third kappa shape index (κ3) is 16.3. The van der Waals surface area contributed by atoms with Crippen LogP contribution in [0.4, 0.5) is 5.95 Å². The minimum Gasteiger partial charge on any atom is -0.497 e. The fraction of sp³-hybridized carbons (Fsp3) is 0.459. The SMILES string of the molecule is COc1ccc(C(OCC2OC(n3cnc4c(=O)[nH]c(NC(=O)CCNC(=O)C5=CSCC5)nc43)CC2OP(OCCC#N)OCC2OC(n3cc(C)c(=O)[nH]c3=O)CC2OP(OCCC#N)N(C(C)C)C(C)C)(c2ccccc2)c2ccc(OC)cc2)cc1. The van der Waals surface area contributed by atoms with Gasteiger partial charge < -0.3 is 51.6 Å². The molecule has 0 spiro atoms. The number of ether oxygens (including phenoxy) is 5. The number of imidazole rings is 1. The number of hydrogen-bond donors (Lipinski definition) is 4. The first kappa shape index (κ1) is 67.2. The predicted molar refractivity (Wildman–Crippen MR) is 335 cm³/mol. The number of fused-ring (bicyclic) bond motifs is 1. The Balaban J connectivity index is 1.06. The van der Waals surface area contributed by atoms with Crippen LogP contribution in [-0.2, 0) is 52.0 Å². The number of aromatic amines is 2. The van der Waals surface area contributed by atoms with Gasteiger partial charge in [-0.2, -0.15) is 15.5 Å². The van der Waals surface area contributed by atoms with E-state index in [9.17, 15) is 34.5 Å². The number of nitrogens with zero attached hydrogens (tertiary/aromatic N) is 7. The van der Waals surface area contributed by atoms with Gasteiger partial charge in [-0.25, -0.2) is 14.4 Å². The van der Waals surface area contributed by atoms with Crippen LogP contribution in [0.15, 0.2) is 117 Å². The van der Waals surface area contributed by atoms with Crippen molar-refractivity contribution in [1.82, 2.24) is 39.1 Å². The largest absolute Gasteiger partial charge is 0.497 e. The molecular weight excluding hydrogens is 1220 g/mol. The third-order valence-electron chi connectivity index (χ3n) is 15.0. The topological polar surface area (TPSA) is 320 Å². The molecule has 0 bridgehead atoms. The summed E-state index contributed by atoms with van der Waals surface area (Å²) in [5, 5.41) is 26.5. The summed E-state index contributed by atoms with van der Waals surface area (Å²) >= 11 is 1.55. The van der Waals surface area contributed by atoms with Gasteiger partial charge in [0.1, 0.15) is 41.8 Å². The Bertz CT molecular complexity index is 3650. The second-order valence-corrected chi connectivity index (χ2v) is 25.2. The first-order valence-electron chi connectivity index (χ1n) is 29.4. The van der Waals surface area contributed by atoms with Crippen molar-refractivity contribution < 1.29 is 55.9 Å². The molecule has 3 aromatic heterocycles. The molecule has 3 aliphatic heterocycles. The van der Waals surface area contributed by atoms with Gasteiger partial charge in [0.05, 0.1) is 84.2 Å². The fourth-order valence-electron chi connectivity index (χ4n) is 10.6. The molecule has 0 saturated carbocycles. The van der Waals surface area contributed by atoms with E-state index in [1.165, 1.54) is 17.1 Å². The highest BCUT2D eigenvalue weighted by Crippen LogP contribution is 2.52. The Morgan fingerprint density at radius 2 is 1.41 bits per heavy atom. The lowest BCUT2D eigenvalue weighted by Gasteiger charge is -2.37. The van der Waals surface area contributed by atoms with Crippen LogP contribution in [0.3, 0.4) is 0 Å². The van der Waals surface area contributed by atoms with Gasteiger partial charge >= 0.3 is 14.3 Å². The van der Waals surface area contributed by atoms with Gasteiger partial charge in [-0.3, -0.25) is 43.6 Å². The number of thioether (sulfide) groups is 1. The van der Waals surface area contributed by atoms with E-state index in [4.69, 9.17) is 46.3 Å². The lowest BCUT2D eigenvalue weighted by Crippen LogP contribution is -2.38. The van der Waals surface area contributed by atoms with Crippen molar-refractivity contribution in [1.29, 1.82) is 10.5 Å². The second kappa shape index (κ2) is 31.7. The molecule has 4 N–H and O–H groups in total. The highest BCUT2D eigenvalue weighted by Gasteiger charge is 2.46. The molecule has 3 aromatic carbocycles. The molecule has 2 amide bonds. The van der Waals surface area contributed by atoms with Gasteiger partial charge in [0, 0.05) is 61.0 Å². The molecule has 8 unspecified atom stereocenters. The Hall–Kier alpha value is -7.20. The molecule has 6 heterocycles. The van der Waals surface area contributed by atoms with Crippen molar-refractivity contribution in [2.45, 2.75) is 128 Å². The molecule has 3 aliphatic rings. The normalized spacial score (nSPS) is 19.8. The lowest BCUT2D eigenvalue weighted by atomic mass is 9.80. The quantitative estimate of drug-likeness (QED) is 0.0181.